The van der Waals surface area contributed by atoms with Crippen molar-refractivity contribution in [2.75, 3.05) is 0 Å². The summed E-state index contributed by atoms with van der Waals surface area (Å²) in [5.74, 6) is 1.36. The quantitative estimate of drug-likeness (QED) is 0.517. The van der Waals surface area contributed by atoms with Crippen LogP contribution in [0.15, 0.2) is 53.3 Å². The predicted octanol–water partition coefficient (Wildman–Crippen LogP) is 3.65. The van der Waals surface area contributed by atoms with E-state index in [9.17, 15) is 4.79 Å². The number of hydrogen-bond acceptors (Lipinski definition) is 5. The van der Waals surface area contributed by atoms with Crippen molar-refractivity contribution in [3.05, 3.63) is 70.4 Å². The summed E-state index contributed by atoms with van der Waals surface area (Å²) in [5, 5.41) is 19.0. The predicted molar refractivity (Wildman–Crippen MR) is 120 cm³/mol. The Morgan fingerprint density at radius 2 is 1.71 bits per heavy atom. The molecule has 0 unspecified atom stereocenters. The van der Waals surface area contributed by atoms with E-state index in [-0.39, 0.29) is 11.1 Å². The summed E-state index contributed by atoms with van der Waals surface area (Å²) < 4.78 is 3.37. The summed E-state index contributed by atoms with van der Waals surface area (Å²) in [7, 11) is 0. The lowest BCUT2D eigenvalue weighted by molar-refractivity contribution is 0.500. The molecule has 2 heterocycles. The molecule has 0 radical (unpaired) electrons. The fourth-order valence-electron chi connectivity index (χ4n) is 3.67. The second-order valence-corrected chi connectivity index (χ2v) is 8.64. The molecule has 4 rings (SSSR count). The number of benzene rings is 2. The number of aromatic nitrogens is 7. The van der Waals surface area contributed by atoms with Crippen molar-refractivity contribution in [1.82, 2.24) is 35.0 Å². The van der Waals surface area contributed by atoms with Gasteiger partial charge in [-0.15, -0.1) is 10.2 Å². The lowest BCUT2D eigenvalue weighted by atomic mass is 9.95. The highest BCUT2D eigenvalue weighted by molar-refractivity contribution is 5.80. The van der Waals surface area contributed by atoms with E-state index < -0.39 is 0 Å². The second kappa shape index (κ2) is 8.29. The molecule has 0 aliphatic carbocycles. The topological polar surface area (TPSA) is 94.3 Å². The van der Waals surface area contributed by atoms with Crippen LogP contribution in [0.4, 0.5) is 0 Å². The standard InChI is InChI=1S/C23H27N7O/c1-5-14-30-22(31)29(21(26-30)23(2,3)4)15-16-10-12-17(13-11-16)18-8-6-7-9-19(18)20-24-27-28-25-20/h6-13H,5,14-15H2,1-4H3,(H,24,25,27,28). The van der Waals surface area contributed by atoms with E-state index in [0.717, 1.165) is 34.5 Å². The van der Waals surface area contributed by atoms with Crippen LogP contribution in [0.2, 0.25) is 0 Å². The number of nitrogens with one attached hydrogen (secondary N) is 1. The van der Waals surface area contributed by atoms with Gasteiger partial charge in [0.25, 0.3) is 0 Å². The molecule has 4 aromatic rings. The minimum absolute atomic E-state index is 0.0571. The molecule has 0 atom stereocenters. The molecular weight excluding hydrogens is 390 g/mol. The maximum atomic E-state index is 12.9. The van der Waals surface area contributed by atoms with Gasteiger partial charge in [-0.25, -0.2) is 9.48 Å². The maximum Gasteiger partial charge on any atom is 0.346 e. The van der Waals surface area contributed by atoms with Gasteiger partial charge in [0, 0.05) is 17.5 Å². The molecule has 2 aromatic heterocycles. The van der Waals surface area contributed by atoms with Crippen LogP contribution < -0.4 is 5.69 Å². The van der Waals surface area contributed by atoms with E-state index in [1.165, 1.54) is 0 Å². The van der Waals surface area contributed by atoms with Gasteiger partial charge in [0.1, 0.15) is 5.82 Å². The van der Waals surface area contributed by atoms with Gasteiger partial charge in [0.15, 0.2) is 0 Å². The van der Waals surface area contributed by atoms with Crippen molar-refractivity contribution < 1.29 is 0 Å². The van der Waals surface area contributed by atoms with E-state index in [0.29, 0.717) is 18.9 Å². The van der Waals surface area contributed by atoms with Gasteiger partial charge < -0.3 is 0 Å². The molecule has 0 spiro atoms. The number of hydrogen-bond donors (Lipinski definition) is 1. The van der Waals surface area contributed by atoms with Crippen LogP contribution in [-0.4, -0.2) is 35.0 Å². The van der Waals surface area contributed by atoms with Crippen LogP contribution in [0.3, 0.4) is 0 Å². The largest absolute Gasteiger partial charge is 0.346 e. The molecule has 8 heteroatoms. The summed E-state index contributed by atoms with van der Waals surface area (Å²) in [6, 6.07) is 16.2. The zero-order chi connectivity index (χ0) is 22.0. The summed E-state index contributed by atoms with van der Waals surface area (Å²) >= 11 is 0. The normalized spacial score (nSPS) is 11.7. The maximum absolute atomic E-state index is 12.9. The molecule has 0 aliphatic rings. The molecule has 2 aromatic carbocycles. The number of H-pyrrole nitrogens is 1. The minimum atomic E-state index is -0.221. The Hall–Kier alpha value is -3.55. The Bertz CT molecular complexity index is 1210. The van der Waals surface area contributed by atoms with Crippen molar-refractivity contribution in [3.8, 4) is 22.5 Å². The minimum Gasteiger partial charge on any atom is -0.274 e. The average molecular weight is 418 g/mol. The molecule has 0 fully saturated rings. The molecule has 0 saturated heterocycles. The van der Waals surface area contributed by atoms with E-state index in [4.69, 9.17) is 0 Å². The summed E-state index contributed by atoms with van der Waals surface area (Å²) in [5.41, 5.74) is 3.76. The fraction of sp³-hybridized carbons (Fsp3) is 0.348. The van der Waals surface area contributed by atoms with Crippen molar-refractivity contribution in [1.29, 1.82) is 0 Å². The summed E-state index contributed by atoms with van der Waals surface area (Å²) in [6.07, 6.45) is 0.870. The highest BCUT2D eigenvalue weighted by Crippen LogP contribution is 2.30. The van der Waals surface area contributed by atoms with Crippen LogP contribution in [0.1, 0.15) is 45.5 Å². The lowest BCUT2D eigenvalue weighted by Crippen LogP contribution is -2.28. The smallest absolute Gasteiger partial charge is 0.274 e. The van der Waals surface area contributed by atoms with Gasteiger partial charge in [-0.2, -0.15) is 10.3 Å². The van der Waals surface area contributed by atoms with Gasteiger partial charge in [0.2, 0.25) is 5.82 Å². The molecule has 0 amide bonds. The Labute approximate surface area is 180 Å². The first-order chi connectivity index (χ1) is 14.9. The molecule has 1 N–H and O–H groups in total. The third-order valence-corrected chi connectivity index (χ3v) is 5.15. The van der Waals surface area contributed by atoms with Gasteiger partial charge in [-0.05, 0) is 28.3 Å². The molecule has 0 aliphatic heterocycles. The summed E-state index contributed by atoms with van der Waals surface area (Å²) in [6.45, 7) is 9.41. The Morgan fingerprint density at radius 3 is 2.32 bits per heavy atom. The van der Waals surface area contributed by atoms with Crippen molar-refractivity contribution in [2.45, 2.75) is 52.6 Å². The average Bonchev–Trinajstić information content (AvgIpc) is 3.39. The third kappa shape index (κ3) is 4.19. The first-order valence-corrected chi connectivity index (χ1v) is 10.5. The molecule has 31 heavy (non-hydrogen) atoms. The zero-order valence-electron chi connectivity index (χ0n) is 18.3. The van der Waals surface area contributed by atoms with Gasteiger partial charge in [-0.3, -0.25) is 4.57 Å². The number of nitrogens with zero attached hydrogens (tertiary/aromatic N) is 6. The van der Waals surface area contributed by atoms with Crippen molar-refractivity contribution in [3.63, 3.8) is 0 Å². The number of rotatable bonds is 6. The SMILES string of the molecule is CCCn1nc(C(C)(C)C)n(Cc2ccc(-c3ccccc3-c3nn[nH]n3)cc2)c1=O. The van der Waals surface area contributed by atoms with E-state index >= 15 is 0 Å². The first kappa shape index (κ1) is 20.7. The Kier molecular flexibility index (Phi) is 5.54. The zero-order valence-corrected chi connectivity index (χ0v) is 18.3. The van der Waals surface area contributed by atoms with Gasteiger partial charge >= 0.3 is 5.69 Å². The number of aromatic amines is 1. The fourth-order valence-corrected chi connectivity index (χ4v) is 3.67. The molecule has 8 nitrogen and oxygen atoms in total. The third-order valence-electron chi connectivity index (χ3n) is 5.15. The Morgan fingerprint density at radius 1 is 1.00 bits per heavy atom. The van der Waals surface area contributed by atoms with Crippen LogP contribution in [-0.2, 0) is 18.5 Å². The van der Waals surface area contributed by atoms with Crippen molar-refractivity contribution in [2.24, 2.45) is 0 Å². The van der Waals surface area contributed by atoms with Crippen LogP contribution in [0.25, 0.3) is 22.5 Å². The summed E-state index contributed by atoms with van der Waals surface area (Å²) in [4.78, 5) is 12.9. The molecule has 160 valence electrons. The van der Waals surface area contributed by atoms with Gasteiger partial charge in [-0.1, -0.05) is 76.2 Å². The lowest BCUT2D eigenvalue weighted by Gasteiger charge is -2.18. The second-order valence-electron chi connectivity index (χ2n) is 8.64. The van der Waals surface area contributed by atoms with Gasteiger partial charge in [0.05, 0.1) is 6.54 Å². The first-order valence-electron chi connectivity index (χ1n) is 10.5. The highest BCUT2D eigenvalue weighted by atomic mass is 16.2. The number of tetrazole rings is 1. The van der Waals surface area contributed by atoms with Crippen LogP contribution >= 0.6 is 0 Å². The molecule has 0 bridgehead atoms. The van der Waals surface area contributed by atoms with Crippen molar-refractivity contribution >= 4 is 0 Å². The van der Waals surface area contributed by atoms with E-state index in [1.54, 1.807) is 9.25 Å². The van der Waals surface area contributed by atoms with E-state index in [1.807, 2.05) is 31.2 Å². The van der Waals surface area contributed by atoms with Crippen LogP contribution in [0.5, 0.6) is 0 Å². The Balaban J connectivity index is 1.67. The van der Waals surface area contributed by atoms with Crippen LogP contribution in [0, 0.1) is 0 Å². The molecular formula is C23H27N7O. The van der Waals surface area contributed by atoms with E-state index in [2.05, 4.69) is 70.8 Å². The highest BCUT2D eigenvalue weighted by Gasteiger charge is 2.24. The number of aryl methyl sites for hydroxylation is 1. The molecule has 0 saturated carbocycles. The monoisotopic (exact) mass is 417 g/mol.